The van der Waals surface area contributed by atoms with Crippen molar-refractivity contribution in [2.75, 3.05) is 5.32 Å². The molecule has 0 saturated carbocycles. The van der Waals surface area contributed by atoms with Crippen molar-refractivity contribution in [3.8, 4) is 0 Å². The Morgan fingerprint density at radius 2 is 1.52 bits per heavy atom. The van der Waals surface area contributed by atoms with Gasteiger partial charge in [-0.15, -0.1) is 0 Å². The molecule has 3 aromatic rings. The molecule has 0 fully saturated rings. The smallest absolute Gasteiger partial charge is 0.337 e. The second-order valence-corrected chi connectivity index (χ2v) is 6.28. The van der Waals surface area contributed by atoms with Gasteiger partial charge in [-0.1, -0.05) is 50.2 Å². The molecule has 0 atom stereocenters. The van der Waals surface area contributed by atoms with E-state index in [1.165, 1.54) is 0 Å². The van der Waals surface area contributed by atoms with Crippen LogP contribution in [0.3, 0.4) is 0 Å². The molecule has 0 radical (unpaired) electrons. The lowest BCUT2D eigenvalue weighted by Gasteiger charge is -2.11. The number of benzene rings is 3. The number of carboxylic acid groups (broad SMARTS) is 1. The molecule has 0 aromatic heterocycles. The van der Waals surface area contributed by atoms with Crippen LogP contribution in [0, 0.1) is 0 Å². The topological polar surface area (TPSA) is 66.4 Å². The average Bonchev–Trinajstić information content (AvgIpc) is 2.61. The first-order valence-electron chi connectivity index (χ1n) is 8.13. The predicted octanol–water partition coefficient (Wildman–Crippen LogP) is 4.91. The Morgan fingerprint density at radius 3 is 2.08 bits per heavy atom. The van der Waals surface area contributed by atoms with E-state index in [4.69, 9.17) is 0 Å². The monoisotopic (exact) mass is 333 g/mol. The van der Waals surface area contributed by atoms with Crippen LogP contribution in [0.15, 0.2) is 60.7 Å². The van der Waals surface area contributed by atoms with Gasteiger partial charge in [0.15, 0.2) is 0 Å². The molecule has 4 nitrogen and oxygen atoms in total. The molecular formula is C21H19NO3. The van der Waals surface area contributed by atoms with E-state index in [9.17, 15) is 14.7 Å². The number of hydrogen-bond acceptors (Lipinski definition) is 2. The minimum Gasteiger partial charge on any atom is -0.478 e. The molecular weight excluding hydrogens is 314 g/mol. The lowest BCUT2D eigenvalue weighted by atomic mass is 10.0. The van der Waals surface area contributed by atoms with Gasteiger partial charge in [-0.25, -0.2) is 4.79 Å². The number of rotatable bonds is 4. The molecule has 3 aromatic carbocycles. The summed E-state index contributed by atoms with van der Waals surface area (Å²) in [5.74, 6) is -1.01. The Kier molecular flexibility index (Phi) is 4.52. The van der Waals surface area contributed by atoms with Crippen molar-refractivity contribution >= 4 is 28.3 Å². The van der Waals surface area contributed by atoms with Crippen molar-refractivity contribution in [2.45, 2.75) is 19.8 Å². The maximum Gasteiger partial charge on any atom is 0.337 e. The van der Waals surface area contributed by atoms with Crippen LogP contribution in [0.25, 0.3) is 10.8 Å². The van der Waals surface area contributed by atoms with E-state index in [2.05, 4.69) is 19.2 Å². The molecule has 0 heterocycles. The van der Waals surface area contributed by atoms with Gasteiger partial charge in [-0.2, -0.15) is 0 Å². The SMILES string of the molecule is CC(C)c1ccc(C(=O)Nc2cc3ccccc3cc2C(=O)O)cc1. The van der Waals surface area contributed by atoms with Crippen LogP contribution in [0.1, 0.15) is 46.0 Å². The lowest BCUT2D eigenvalue weighted by Crippen LogP contribution is -2.15. The molecule has 0 bridgehead atoms. The van der Waals surface area contributed by atoms with Crippen LogP contribution in [0.4, 0.5) is 5.69 Å². The Hall–Kier alpha value is -3.14. The lowest BCUT2D eigenvalue weighted by molar-refractivity contribution is 0.0698. The average molecular weight is 333 g/mol. The Labute approximate surface area is 146 Å². The highest BCUT2D eigenvalue weighted by atomic mass is 16.4. The molecule has 0 unspecified atom stereocenters. The molecule has 0 saturated heterocycles. The summed E-state index contributed by atoms with van der Waals surface area (Å²) < 4.78 is 0. The van der Waals surface area contributed by atoms with E-state index in [0.717, 1.165) is 16.3 Å². The van der Waals surface area contributed by atoms with Crippen molar-refractivity contribution in [1.29, 1.82) is 0 Å². The fourth-order valence-corrected chi connectivity index (χ4v) is 2.73. The summed E-state index contributed by atoms with van der Waals surface area (Å²) in [6.45, 7) is 4.17. The van der Waals surface area contributed by atoms with Crippen LogP contribution in [-0.2, 0) is 0 Å². The van der Waals surface area contributed by atoms with Crippen LogP contribution < -0.4 is 5.32 Å². The largest absolute Gasteiger partial charge is 0.478 e. The standard InChI is InChI=1S/C21H19NO3/c1-13(2)14-7-9-15(10-8-14)20(23)22-19-12-17-6-4-3-5-16(17)11-18(19)21(24)25/h3-13H,1-2H3,(H,22,23)(H,24,25). The Bertz CT molecular complexity index is 943. The van der Waals surface area contributed by atoms with E-state index in [1.807, 2.05) is 36.4 Å². The third-order valence-electron chi connectivity index (χ3n) is 4.20. The zero-order valence-electron chi connectivity index (χ0n) is 14.1. The van der Waals surface area contributed by atoms with Gasteiger partial charge < -0.3 is 10.4 Å². The van der Waals surface area contributed by atoms with E-state index < -0.39 is 5.97 Å². The summed E-state index contributed by atoms with van der Waals surface area (Å²) >= 11 is 0. The zero-order valence-corrected chi connectivity index (χ0v) is 14.1. The molecule has 3 rings (SSSR count). The first kappa shape index (κ1) is 16.7. The third-order valence-corrected chi connectivity index (χ3v) is 4.20. The van der Waals surface area contributed by atoms with Crippen LogP contribution in [0.5, 0.6) is 0 Å². The fourth-order valence-electron chi connectivity index (χ4n) is 2.73. The number of nitrogens with one attached hydrogen (secondary N) is 1. The number of carbonyl (C=O) groups excluding carboxylic acids is 1. The number of carboxylic acids is 1. The number of anilines is 1. The maximum atomic E-state index is 12.5. The van der Waals surface area contributed by atoms with Gasteiger partial charge in [0.25, 0.3) is 5.91 Å². The number of fused-ring (bicyclic) bond motifs is 1. The van der Waals surface area contributed by atoms with Gasteiger partial charge in [0.05, 0.1) is 11.3 Å². The van der Waals surface area contributed by atoms with E-state index in [1.54, 1.807) is 24.3 Å². The van der Waals surface area contributed by atoms with Gasteiger partial charge >= 0.3 is 5.97 Å². The van der Waals surface area contributed by atoms with Crippen molar-refractivity contribution in [3.63, 3.8) is 0 Å². The fraction of sp³-hybridized carbons (Fsp3) is 0.143. The van der Waals surface area contributed by atoms with Gasteiger partial charge in [0.2, 0.25) is 0 Å². The summed E-state index contributed by atoms with van der Waals surface area (Å²) in [7, 11) is 0. The molecule has 4 heteroatoms. The number of carbonyl (C=O) groups is 2. The van der Waals surface area contributed by atoms with E-state index >= 15 is 0 Å². The predicted molar refractivity (Wildman–Crippen MR) is 99.4 cm³/mol. The summed E-state index contributed by atoms with van der Waals surface area (Å²) in [6.07, 6.45) is 0. The summed E-state index contributed by atoms with van der Waals surface area (Å²) in [5.41, 5.74) is 2.01. The van der Waals surface area contributed by atoms with Crippen LogP contribution >= 0.6 is 0 Å². The molecule has 25 heavy (non-hydrogen) atoms. The maximum absolute atomic E-state index is 12.5. The molecule has 1 amide bonds. The van der Waals surface area contributed by atoms with Crippen LogP contribution in [-0.4, -0.2) is 17.0 Å². The van der Waals surface area contributed by atoms with Crippen molar-refractivity contribution in [1.82, 2.24) is 0 Å². The van der Waals surface area contributed by atoms with Gasteiger partial charge in [-0.05, 0) is 46.5 Å². The zero-order chi connectivity index (χ0) is 18.0. The number of aromatic carboxylic acids is 1. The Morgan fingerprint density at radius 1 is 0.920 bits per heavy atom. The van der Waals surface area contributed by atoms with Crippen molar-refractivity contribution in [3.05, 3.63) is 77.4 Å². The number of amides is 1. The summed E-state index contributed by atoms with van der Waals surface area (Å²) in [6, 6.07) is 18.1. The highest BCUT2D eigenvalue weighted by Crippen LogP contribution is 2.25. The Balaban J connectivity index is 1.94. The number of hydrogen-bond donors (Lipinski definition) is 2. The molecule has 0 aliphatic carbocycles. The van der Waals surface area contributed by atoms with Crippen LogP contribution in [0.2, 0.25) is 0 Å². The molecule has 2 N–H and O–H groups in total. The van der Waals surface area contributed by atoms with Crippen molar-refractivity contribution < 1.29 is 14.7 Å². The molecule has 0 aliphatic heterocycles. The van der Waals surface area contributed by atoms with Crippen molar-refractivity contribution in [2.24, 2.45) is 0 Å². The molecule has 126 valence electrons. The summed E-state index contributed by atoms with van der Waals surface area (Å²) in [4.78, 5) is 24.1. The highest BCUT2D eigenvalue weighted by Gasteiger charge is 2.15. The highest BCUT2D eigenvalue weighted by molar-refractivity contribution is 6.10. The molecule has 0 spiro atoms. The van der Waals surface area contributed by atoms with Gasteiger partial charge in [-0.3, -0.25) is 4.79 Å². The van der Waals surface area contributed by atoms with Gasteiger partial charge in [0.1, 0.15) is 0 Å². The minimum absolute atomic E-state index is 0.0749. The quantitative estimate of drug-likeness (QED) is 0.712. The van der Waals surface area contributed by atoms with Gasteiger partial charge in [0, 0.05) is 5.56 Å². The van der Waals surface area contributed by atoms with E-state index in [0.29, 0.717) is 17.2 Å². The second-order valence-electron chi connectivity index (χ2n) is 6.28. The first-order valence-corrected chi connectivity index (χ1v) is 8.13. The first-order chi connectivity index (χ1) is 12.0. The third kappa shape index (κ3) is 3.53. The second kappa shape index (κ2) is 6.77. The normalized spacial score (nSPS) is 10.8. The van der Waals surface area contributed by atoms with E-state index in [-0.39, 0.29) is 11.5 Å². The molecule has 0 aliphatic rings. The summed E-state index contributed by atoms with van der Waals surface area (Å²) in [5, 5.41) is 13.9. The minimum atomic E-state index is -1.07.